The number of nitrogens with one attached hydrogen (secondary N) is 1. The van der Waals surface area contributed by atoms with Gasteiger partial charge in [0.05, 0.1) is 6.04 Å². The van der Waals surface area contributed by atoms with Crippen LogP contribution < -0.4 is 5.32 Å². The van der Waals surface area contributed by atoms with Gasteiger partial charge >= 0.3 is 6.09 Å². The fourth-order valence-electron chi connectivity index (χ4n) is 2.36. The molecular weight excluding hydrogens is 270 g/mol. The molecule has 1 N–H and O–H groups in total. The normalized spacial score (nSPS) is 18.4. The number of hydrogen-bond donors (Lipinski definition) is 1. The summed E-state index contributed by atoms with van der Waals surface area (Å²) in [6, 6.07) is 3.69. The zero-order chi connectivity index (χ0) is 15.5. The molecule has 0 saturated carbocycles. The smallest absolute Gasteiger partial charge is 0.413 e. The van der Waals surface area contributed by atoms with E-state index in [1.807, 2.05) is 6.07 Å². The Hall–Kier alpha value is -2.11. The molecule has 0 aromatic carbocycles. The molecule has 1 aromatic rings. The number of amides is 2. The number of rotatable bonds is 3. The number of carbonyl (C=O) groups is 2. The SMILES string of the molecule is CC(C)(C)OC(=O)Nc1ccc([C@@H]2CCCN2C=O)cn1. The fraction of sp³-hybridized carbons (Fsp3) is 0.533. The first-order valence-corrected chi connectivity index (χ1v) is 7.06. The number of aromatic nitrogens is 1. The van der Waals surface area contributed by atoms with Crippen molar-refractivity contribution in [3.05, 3.63) is 23.9 Å². The third kappa shape index (κ3) is 4.18. The predicted molar refractivity (Wildman–Crippen MR) is 78.8 cm³/mol. The Kier molecular flexibility index (Phi) is 4.45. The molecule has 114 valence electrons. The maximum absolute atomic E-state index is 11.6. The van der Waals surface area contributed by atoms with Gasteiger partial charge in [-0.25, -0.2) is 9.78 Å². The van der Waals surface area contributed by atoms with Crippen LogP contribution in [-0.4, -0.2) is 34.5 Å². The second kappa shape index (κ2) is 6.11. The summed E-state index contributed by atoms with van der Waals surface area (Å²) in [5, 5.41) is 2.59. The van der Waals surface area contributed by atoms with Gasteiger partial charge in [0.2, 0.25) is 6.41 Å². The van der Waals surface area contributed by atoms with Crippen LogP contribution in [0, 0.1) is 0 Å². The second-order valence-electron chi connectivity index (χ2n) is 6.10. The van der Waals surface area contributed by atoms with E-state index in [0.29, 0.717) is 5.82 Å². The van der Waals surface area contributed by atoms with E-state index in [2.05, 4.69) is 10.3 Å². The number of ether oxygens (including phenoxy) is 1. The Balaban J connectivity index is 1.99. The average Bonchev–Trinajstić information content (AvgIpc) is 2.85. The van der Waals surface area contributed by atoms with Gasteiger partial charge in [-0.1, -0.05) is 6.07 Å². The van der Waals surface area contributed by atoms with Crippen LogP contribution in [0.2, 0.25) is 0 Å². The number of nitrogens with zero attached hydrogens (tertiary/aromatic N) is 2. The minimum Gasteiger partial charge on any atom is -0.444 e. The maximum Gasteiger partial charge on any atom is 0.413 e. The molecule has 1 atom stereocenters. The molecule has 0 bridgehead atoms. The molecule has 0 aliphatic carbocycles. The molecule has 6 nitrogen and oxygen atoms in total. The van der Waals surface area contributed by atoms with E-state index in [-0.39, 0.29) is 6.04 Å². The van der Waals surface area contributed by atoms with E-state index in [0.717, 1.165) is 31.4 Å². The molecule has 0 unspecified atom stereocenters. The monoisotopic (exact) mass is 291 g/mol. The summed E-state index contributed by atoms with van der Waals surface area (Å²) >= 11 is 0. The highest BCUT2D eigenvalue weighted by Gasteiger charge is 2.24. The summed E-state index contributed by atoms with van der Waals surface area (Å²) in [6.45, 7) is 6.19. The van der Waals surface area contributed by atoms with Crippen molar-refractivity contribution in [2.45, 2.75) is 45.3 Å². The molecular formula is C15H21N3O3. The van der Waals surface area contributed by atoms with Crippen molar-refractivity contribution in [1.82, 2.24) is 9.88 Å². The molecule has 1 aliphatic heterocycles. The first-order valence-electron chi connectivity index (χ1n) is 7.06. The Bertz CT molecular complexity index is 508. The largest absolute Gasteiger partial charge is 0.444 e. The number of likely N-dealkylation sites (tertiary alicyclic amines) is 1. The van der Waals surface area contributed by atoms with Gasteiger partial charge in [0.15, 0.2) is 0 Å². The summed E-state index contributed by atoms with van der Waals surface area (Å²) in [6.07, 6.45) is 3.99. The molecule has 0 spiro atoms. The molecule has 2 amide bonds. The van der Waals surface area contributed by atoms with Crippen molar-refractivity contribution >= 4 is 18.3 Å². The molecule has 1 saturated heterocycles. The average molecular weight is 291 g/mol. The zero-order valence-corrected chi connectivity index (χ0v) is 12.6. The van der Waals surface area contributed by atoms with Crippen LogP contribution in [0.15, 0.2) is 18.3 Å². The highest BCUT2D eigenvalue weighted by atomic mass is 16.6. The van der Waals surface area contributed by atoms with E-state index < -0.39 is 11.7 Å². The molecule has 1 fully saturated rings. The van der Waals surface area contributed by atoms with Crippen molar-refractivity contribution < 1.29 is 14.3 Å². The van der Waals surface area contributed by atoms with Crippen LogP contribution in [0.1, 0.15) is 45.2 Å². The van der Waals surface area contributed by atoms with Crippen LogP contribution in [0.5, 0.6) is 0 Å². The Labute approximate surface area is 124 Å². The van der Waals surface area contributed by atoms with Crippen LogP contribution in [0.25, 0.3) is 0 Å². The second-order valence-corrected chi connectivity index (χ2v) is 6.10. The number of anilines is 1. The number of carbonyl (C=O) groups excluding carboxylic acids is 2. The summed E-state index contributed by atoms with van der Waals surface area (Å²) in [4.78, 5) is 28.6. The lowest BCUT2D eigenvalue weighted by Gasteiger charge is -2.21. The van der Waals surface area contributed by atoms with Crippen molar-refractivity contribution in [2.75, 3.05) is 11.9 Å². The lowest BCUT2D eigenvalue weighted by Crippen LogP contribution is -2.27. The third-order valence-corrected chi connectivity index (χ3v) is 3.23. The highest BCUT2D eigenvalue weighted by molar-refractivity contribution is 5.83. The van der Waals surface area contributed by atoms with Gasteiger partial charge in [0.25, 0.3) is 0 Å². The Morgan fingerprint density at radius 2 is 2.24 bits per heavy atom. The van der Waals surface area contributed by atoms with E-state index in [1.54, 1.807) is 37.9 Å². The highest BCUT2D eigenvalue weighted by Crippen LogP contribution is 2.30. The minimum absolute atomic E-state index is 0.0885. The number of hydrogen-bond acceptors (Lipinski definition) is 4. The van der Waals surface area contributed by atoms with E-state index in [9.17, 15) is 9.59 Å². The molecule has 6 heteroatoms. The first kappa shape index (κ1) is 15.3. The minimum atomic E-state index is -0.543. The van der Waals surface area contributed by atoms with Crippen molar-refractivity contribution in [2.24, 2.45) is 0 Å². The van der Waals surface area contributed by atoms with Crippen molar-refractivity contribution in [3.63, 3.8) is 0 Å². The van der Waals surface area contributed by atoms with Gasteiger partial charge in [-0.05, 0) is 45.2 Å². The van der Waals surface area contributed by atoms with Gasteiger partial charge in [0.1, 0.15) is 11.4 Å². The lowest BCUT2D eigenvalue weighted by atomic mass is 10.1. The van der Waals surface area contributed by atoms with Gasteiger partial charge in [-0.3, -0.25) is 10.1 Å². The summed E-state index contributed by atoms with van der Waals surface area (Å²) < 4.78 is 5.16. The molecule has 1 aromatic heterocycles. The Morgan fingerprint density at radius 1 is 1.48 bits per heavy atom. The van der Waals surface area contributed by atoms with Gasteiger partial charge in [-0.2, -0.15) is 0 Å². The van der Waals surface area contributed by atoms with E-state index >= 15 is 0 Å². The van der Waals surface area contributed by atoms with Crippen LogP contribution in [-0.2, 0) is 9.53 Å². The molecule has 1 aliphatic rings. The van der Waals surface area contributed by atoms with Crippen molar-refractivity contribution in [1.29, 1.82) is 0 Å². The van der Waals surface area contributed by atoms with Gasteiger partial charge in [0, 0.05) is 12.7 Å². The molecule has 2 rings (SSSR count). The standard InChI is InChI=1S/C15H21N3O3/c1-15(2,3)21-14(20)17-13-7-6-11(9-16-13)12-5-4-8-18(12)10-19/h6-7,9-10,12H,4-5,8H2,1-3H3,(H,16,17,20)/t12-/m0/s1. The molecule has 21 heavy (non-hydrogen) atoms. The lowest BCUT2D eigenvalue weighted by molar-refractivity contribution is -0.118. The van der Waals surface area contributed by atoms with Crippen LogP contribution in [0.3, 0.4) is 0 Å². The summed E-state index contributed by atoms with van der Waals surface area (Å²) in [7, 11) is 0. The quantitative estimate of drug-likeness (QED) is 0.869. The third-order valence-electron chi connectivity index (χ3n) is 3.23. The Morgan fingerprint density at radius 3 is 2.81 bits per heavy atom. The van der Waals surface area contributed by atoms with Crippen LogP contribution in [0.4, 0.5) is 10.6 Å². The van der Waals surface area contributed by atoms with Gasteiger partial charge in [-0.15, -0.1) is 0 Å². The summed E-state index contributed by atoms with van der Waals surface area (Å²) in [5.41, 5.74) is 0.438. The van der Waals surface area contributed by atoms with E-state index in [4.69, 9.17) is 4.74 Å². The number of pyridine rings is 1. The molecule has 2 heterocycles. The van der Waals surface area contributed by atoms with Crippen molar-refractivity contribution in [3.8, 4) is 0 Å². The maximum atomic E-state index is 11.6. The zero-order valence-electron chi connectivity index (χ0n) is 12.6. The first-order chi connectivity index (χ1) is 9.89. The molecule has 0 radical (unpaired) electrons. The topological polar surface area (TPSA) is 71.5 Å². The fourth-order valence-corrected chi connectivity index (χ4v) is 2.36. The predicted octanol–water partition coefficient (Wildman–Crippen LogP) is 2.72. The van der Waals surface area contributed by atoms with E-state index in [1.165, 1.54) is 0 Å². The summed E-state index contributed by atoms with van der Waals surface area (Å²) in [5.74, 6) is 0.434. The van der Waals surface area contributed by atoms with Gasteiger partial charge < -0.3 is 9.64 Å². The van der Waals surface area contributed by atoms with Crippen LogP contribution >= 0.6 is 0 Å².